The molecule has 206 valence electrons. The summed E-state index contributed by atoms with van der Waals surface area (Å²) in [6.07, 6.45) is 0.680. The lowest BCUT2D eigenvalue weighted by molar-refractivity contribution is 0.0218. The highest BCUT2D eigenvalue weighted by Gasteiger charge is 2.27. The van der Waals surface area contributed by atoms with E-state index in [1.807, 2.05) is 20.8 Å². The predicted molar refractivity (Wildman–Crippen MR) is 154 cm³/mol. The minimum atomic E-state index is -0.480. The number of carbonyl (C=O) groups is 1. The molecule has 0 saturated carbocycles. The van der Waals surface area contributed by atoms with Crippen molar-refractivity contribution in [3.63, 3.8) is 0 Å². The number of piperazine rings is 1. The molecule has 0 bridgehead atoms. The smallest absolute Gasteiger partial charge is 0.410 e. The van der Waals surface area contributed by atoms with Gasteiger partial charge in [-0.2, -0.15) is 0 Å². The SMILES string of the molecule is CCc1cc(N(CCOC)CCOC)cc2sc3cc(=[N+]4CCN(C(=O)OC(C)(C)C)CC4)ccc-3nc12. The molecule has 3 aliphatic rings. The Hall–Kier alpha value is -2.75. The van der Waals surface area contributed by atoms with E-state index in [1.165, 1.54) is 16.0 Å². The van der Waals surface area contributed by atoms with Crippen LogP contribution in [0.3, 0.4) is 0 Å². The summed E-state index contributed by atoms with van der Waals surface area (Å²) in [5.74, 6) is 0. The van der Waals surface area contributed by atoms with Gasteiger partial charge in [-0.15, -0.1) is 11.3 Å². The number of fused-ring (bicyclic) bond motifs is 2. The molecule has 0 radical (unpaired) electrons. The molecule has 0 spiro atoms. The summed E-state index contributed by atoms with van der Waals surface area (Å²) >= 11 is 1.79. The van der Waals surface area contributed by atoms with Crippen LogP contribution < -0.4 is 14.8 Å². The van der Waals surface area contributed by atoms with Gasteiger partial charge in [0.25, 0.3) is 0 Å². The number of hydrogen-bond acceptors (Lipinski definition) is 7. The number of benzene rings is 2. The van der Waals surface area contributed by atoms with Gasteiger partial charge in [-0.3, -0.25) is 4.90 Å². The van der Waals surface area contributed by atoms with E-state index in [0.29, 0.717) is 26.3 Å². The second kappa shape index (κ2) is 12.4. The van der Waals surface area contributed by atoms with Crippen LogP contribution in [0.15, 0.2) is 30.3 Å². The molecule has 1 fully saturated rings. The van der Waals surface area contributed by atoms with Crippen molar-refractivity contribution in [2.45, 2.75) is 39.7 Å². The molecule has 9 heteroatoms. The maximum atomic E-state index is 12.5. The number of amides is 1. The third-order valence-corrected chi connectivity index (χ3v) is 7.79. The molecular weight excluding hydrogens is 500 g/mol. The van der Waals surface area contributed by atoms with Gasteiger partial charge < -0.3 is 19.1 Å². The summed E-state index contributed by atoms with van der Waals surface area (Å²) in [6.45, 7) is 13.7. The summed E-state index contributed by atoms with van der Waals surface area (Å²) < 4.78 is 19.8. The van der Waals surface area contributed by atoms with Crippen LogP contribution in [0.5, 0.6) is 0 Å². The summed E-state index contributed by atoms with van der Waals surface area (Å²) in [4.78, 5) is 22.8. The fourth-order valence-electron chi connectivity index (χ4n) is 4.67. The minimum absolute atomic E-state index is 0.235. The van der Waals surface area contributed by atoms with Crippen LogP contribution in [-0.2, 0) is 20.6 Å². The number of aromatic nitrogens is 1. The second-order valence-corrected chi connectivity index (χ2v) is 11.7. The maximum absolute atomic E-state index is 12.5. The van der Waals surface area contributed by atoms with Crippen molar-refractivity contribution in [3.8, 4) is 10.6 Å². The van der Waals surface area contributed by atoms with Crippen molar-refractivity contribution >= 4 is 33.3 Å². The Morgan fingerprint density at radius 3 is 2.37 bits per heavy atom. The first-order valence-electron chi connectivity index (χ1n) is 13.4. The monoisotopic (exact) mass is 541 g/mol. The molecule has 2 aliphatic heterocycles. The Morgan fingerprint density at radius 1 is 1.08 bits per heavy atom. The Bertz CT molecular complexity index is 1280. The molecule has 1 aromatic carbocycles. The molecule has 1 aromatic rings. The molecular formula is C29H41N4O4S+. The van der Waals surface area contributed by atoms with Crippen LogP contribution in [0.4, 0.5) is 10.5 Å². The minimum Gasteiger partial charge on any atom is -0.444 e. The topological polar surface area (TPSA) is 67.1 Å². The van der Waals surface area contributed by atoms with Gasteiger partial charge in [0.2, 0.25) is 5.36 Å². The standard InChI is InChI=1S/C29H41N4O4S/c1-7-21-18-23(32(14-16-35-5)15-17-36-6)20-26-27(21)30-24-9-8-22(19-25(24)38-26)31-10-12-33(13-11-31)28(34)37-29(2,3)4/h8-9,18-20H,7,10-17H2,1-6H3/q+1. The normalized spacial score (nSPS) is 14.4. The maximum Gasteiger partial charge on any atom is 0.410 e. The van der Waals surface area contributed by atoms with E-state index in [4.69, 9.17) is 19.2 Å². The summed E-state index contributed by atoms with van der Waals surface area (Å²) in [7, 11) is 3.47. The zero-order valence-electron chi connectivity index (χ0n) is 23.6. The van der Waals surface area contributed by atoms with E-state index < -0.39 is 5.60 Å². The highest BCUT2D eigenvalue weighted by molar-refractivity contribution is 7.21. The lowest BCUT2D eigenvalue weighted by atomic mass is 10.1. The predicted octanol–water partition coefficient (Wildman–Crippen LogP) is 4.09. The number of ether oxygens (including phenoxy) is 3. The molecule has 0 atom stereocenters. The zero-order valence-corrected chi connectivity index (χ0v) is 24.4. The van der Waals surface area contributed by atoms with Gasteiger partial charge in [-0.1, -0.05) is 6.92 Å². The van der Waals surface area contributed by atoms with E-state index in [9.17, 15) is 4.79 Å². The lowest BCUT2D eigenvalue weighted by Gasteiger charge is -2.28. The van der Waals surface area contributed by atoms with Crippen LogP contribution in [0, 0.1) is 0 Å². The van der Waals surface area contributed by atoms with E-state index in [-0.39, 0.29) is 6.09 Å². The number of rotatable bonds is 8. The van der Waals surface area contributed by atoms with Crippen molar-refractivity contribution in [1.82, 2.24) is 14.5 Å². The van der Waals surface area contributed by atoms with E-state index in [0.717, 1.165) is 54.0 Å². The fourth-order valence-corrected chi connectivity index (χ4v) is 5.75. The first-order chi connectivity index (χ1) is 18.2. The fraction of sp³-hybridized carbons (Fsp3) is 0.552. The van der Waals surface area contributed by atoms with Gasteiger partial charge in [0.15, 0.2) is 13.1 Å². The van der Waals surface area contributed by atoms with Crippen LogP contribution >= 0.6 is 11.3 Å². The molecule has 0 unspecified atom stereocenters. The molecule has 1 amide bonds. The molecule has 2 heterocycles. The second-order valence-electron chi connectivity index (χ2n) is 10.6. The van der Waals surface area contributed by atoms with Crippen LogP contribution in [0.25, 0.3) is 20.8 Å². The molecule has 0 aromatic heterocycles. The Balaban J connectivity index is 1.66. The van der Waals surface area contributed by atoms with Gasteiger partial charge >= 0.3 is 6.09 Å². The highest BCUT2D eigenvalue weighted by Crippen LogP contribution is 2.34. The number of carbonyl (C=O) groups excluding carboxylic acids is 1. The number of nitrogens with zero attached hydrogens (tertiary/aromatic N) is 4. The van der Waals surface area contributed by atoms with Crippen molar-refractivity contribution in [3.05, 3.63) is 41.3 Å². The first kappa shape index (κ1) is 28.3. The van der Waals surface area contributed by atoms with Crippen molar-refractivity contribution in [2.75, 3.05) is 71.6 Å². The number of anilines is 1. The van der Waals surface area contributed by atoms with E-state index in [2.05, 4.69) is 46.7 Å². The number of aryl methyl sites for hydroxylation is 1. The van der Waals surface area contributed by atoms with Crippen molar-refractivity contribution in [1.29, 1.82) is 0 Å². The molecule has 1 saturated heterocycles. The van der Waals surface area contributed by atoms with Gasteiger partial charge in [0, 0.05) is 45.1 Å². The zero-order chi connectivity index (χ0) is 27.3. The number of methoxy groups -OCH3 is 2. The van der Waals surface area contributed by atoms with Crippen LogP contribution in [-0.4, -0.2) is 88.3 Å². The lowest BCUT2D eigenvalue weighted by Crippen LogP contribution is -2.51. The Labute approximate surface area is 229 Å². The molecule has 1 aliphatic carbocycles. The van der Waals surface area contributed by atoms with Crippen molar-refractivity contribution in [2.24, 2.45) is 0 Å². The Kier molecular flexibility index (Phi) is 9.23. The van der Waals surface area contributed by atoms with Crippen LogP contribution in [0.1, 0.15) is 33.3 Å². The van der Waals surface area contributed by atoms with Crippen LogP contribution in [0.2, 0.25) is 0 Å². The third-order valence-electron chi connectivity index (χ3n) is 6.71. The third kappa shape index (κ3) is 6.81. The van der Waals surface area contributed by atoms with Gasteiger partial charge in [0.1, 0.15) is 5.60 Å². The molecule has 8 nitrogen and oxygen atoms in total. The molecule has 38 heavy (non-hydrogen) atoms. The molecule has 4 rings (SSSR count). The van der Waals surface area contributed by atoms with Gasteiger partial charge in [-0.05, 0) is 51.0 Å². The first-order valence-corrected chi connectivity index (χ1v) is 14.2. The van der Waals surface area contributed by atoms with Gasteiger partial charge in [0.05, 0.1) is 47.1 Å². The van der Waals surface area contributed by atoms with E-state index in [1.54, 1.807) is 30.5 Å². The summed E-state index contributed by atoms with van der Waals surface area (Å²) in [6, 6.07) is 11.0. The Morgan fingerprint density at radius 2 is 1.76 bits per heavy atom. The quantitative estimate of drug-likeness (QED) is 0.316. The van der Waals surface area contributed by atoms with Crippen molar-refractivity contribution < 1.29 is 19.0 Å². The number of hydrogen-bond donors (Lipinski definition) is 0. The highest BCUT2D eigenvalue weighted by atomic mass is 32.1. The largest absolute Gasteiger partial charge is 0.444 e. The summed E-state index contributed by atoms with van der Waals surface area (Å²) in [5, 5.41) is 1.16. The molecule has 0 N–H and O–H groups in total. The average Bonchev–Trinajstić information content (AvgIpc) is 2.90. The van der Waals surface area contributed by atoms with E-state index >= 15 is 0 Å². The average molecular weight is 542 g/mol. The summed E-state index contributed by atoms with van der Waals surface area (Å²) in [5.41, 5.74) is 4.03. The van der Waals surface area contributed by atoms with Gasteiger partial charge in [-0.25, -0.2) is 14.4 Å².